The minimum atomic E-state index is -1.11. The van der Waals surface area contributed by atoms with E-state index in [1.807, 2.05) is 0 Å². The van der Waals surface area contributed by atoms with Crippen LogP contribution >= 0.6 is 0 Å². The summed E-state index contributed by atoms with van der Waals surface area (Å²) in [5, 5.41) is 7.06. The first-order valence-electron chi connectivity index (χ1n) is 11.6. The number of ether oxygens (including phenoxy) is 1. The fourth-order valence-corrected chi connectivity index (χ4v) is 7.24. The van der Waals surface area contributed by atoms with Crippen LogP contribution in [0.1, 0.15) is 74.0 Å². The fourth-order valence-electron chi connectivity index (χ4n) is 5.41. The van der Waals surface area contributed by atoms with Gasteiger partial charge in [-0.25, -0.2) is 12.8 Å². The summed E-state index contributed by atoms with van der Waals surface area (Å²) in [7, 11) is 0. The largest absolute Gasteiger partial charge is 0.380 e. The quantitative estimate of drug-likeness (QED) is 0.616. The summed E-state index contributed by atoms with van der Waals surface area (Å²) >= 11 is -1.11. The van der Waals surface area contributed by atoms with Crippen molar-refractivity contribution in [3.63, 3.8) is 0 Å². The van der Waals surface area contributed by atoms with Gasteiger partial charge < -0.3 is 20.3 Å². The Labute approximate surface area is 185 Å². The molecule has 0 aliphatic carbocycles. The number of hydrogen-bond donors (Lipinski definition) is 2. The number of piperidine rings is 1. The van der Waals surface area contributed by atoms with Gasteiger partial charge in [-0.3, -0.25) is 4.79 Å². The van der Waals surface area contributed by atoms with Crippen LogP contribution in [0.4, 0.5) is 0 Å². The lowest BCUT2D eigenvalue weighted by molar-refractivity contribution is -0.00228. The smallest absolute Gasteiger partial charge is 0.273 e. The van der Waals surface area contributed by atoms with Crippen LogP contribution in [0, 0.1) is 0 Å². The molecule has 3 N–H and O–H groups in total. The second-order valence-electron chi connectivity index (χ2n) is 9.47. The summed E-state index contributed by atoms with van der Waals surface area (Å²) in [4.78, 5) is 12.7. The topological polar surface area (TPSA) is 114 Å². The van der Waals surface area contributed by atoms with Crippen molar-refractivity contribution in [2.45, 2.75) is 88.0 Å². The molecule has 1 amide bonds. The lowest BCUT2D eigenvalue weighted by atomic mass is 9.80. The van der Waals surface area contributed by atoms with E-state index in [1.54, 1.807) is 6.07 Å². The van der Waals surface area contributed by atoms with Crippen molar-refractivity contribution in [2.24, 2.45) is 5.73 Å². The maximum atomic E-state index is 13.4. The third-order valence-corrected chi connectivity index (χ3v) is 9.14. The van der Waals surface area contributed by atoms with Gasteiger partial charge in [-0.15, -0.1) is 0 Å². The van der Waals surface area contributed by atoms with Gasteiger partial charge in [0.05, 0.1) is 19.1 Å². The Balaban J connectivity index is 1.18. The number of carbonyl (C=O) groups excluding carboxylic acids is 1. The number of nitrogens with two attached hydrogens (primary N) is 1. The fraction of sp³-hybridized carbons (Fsp3) is 0.810. The number of nitrogens with one attached hydrogen (secondary N) is 1. The Morgan fingerprint density at radius 1 is 1.35 bits per heavy atom. The molecule has 5 unspecified atom stereocenters. The average molecular weight is 452 g/mol. The second kappa shape index (κ2) is 8.90. The Kier molecular flexibility index (Phi) is 6.17. The van der Waals surface area contributed by atoms with Gasteiger partial charge in [0.15, 0.2) is 16.9 Å². The molecule has 0 aromatic carbocycles. The molecule has 4 aliphatic heterocycles. The third kappa shape index (κ3) is 4.20. The van der Waals surface area contributed by atoms with Crippen molar-refractivity contribution >= 4 is 17.1 Å². The molecular weight excluding hydrogens is 418 g/mol. The molecule has 31 heavy (non-hydrogen) atoms. The summed E-state index contributed by atoms with van der Waals surface area (Å²) in [5.41, 5.74) is 6.43. The molecule has 172 valence electrons. The molecule has 4 aliphatic rings. The number of nitrogens with zero attached hydrogens (tertiary/aromatic N) is 3. The van der Waals surface area contributed by atoms with Gasteiger partial charge in [0, 0.05) is 42.8 Å². The number of rotatable bonds is 8. The molecule has 0 saturated carbocycles. The summed E-state index contributed by atoms with van der Waals surface area (Å²) in [6.07, 6.45) is 6.67. The highest BCUT2D eigenvalue weighted by Gasteiger charge is 2.49. The van der Waals surface area contributed by atoms with E-state index < -0.39 is 11.2 Å². The minimum absolute atomic E-state index is 0.00611. The van der Waals surface area contributed by atoms with Gasteiger partial charge in [0.2, 0.25) is 0 Å². The van der Waals surface area contributed by atoms with Crippen molar-refractivity contribution in [1.29, 1.82) is 0 Å². The zero-order chi connectivity index (χ0) is 21.5. The Morgan fingerprint density at radius 3 is 2.81 bits per heavy atom. The minimum Gasteiger partial charge on any atom is -0.380 e. The van der Waals surface area contributed by atoms with Crippen LogP contribution in [-0.4, -0.2) is 73.9 Å². The van der Waals surface area contributed by atoms with Crippen LogP contribution in [0.25, 0.3) is 0 Å². The highest BCUT2D eigenvalue weighted by atomic mass is 32.2. The SMILES string of the molecule is CCC(CC1CCCN1S(=O)N1C2CC(N)CC1C2)NC(=O)c1cc(C2COC2)on1. The van der Waals surface area contributed by atoms with Crippen LogP contribution in [0.2, 0.25) is 0 Å². The summed E-state index contributed by atoms with van der Waals surface area (Å²) in [6, 6.07) is 2.91. The van der Waals surface area contributed by atoms with E-state index in [-0.39, 0.29) is 30.0 Å². The standard InChI is InChI=1S/C21H33N5O4S/c1-2-15(23-21(27)19-10-20(30-24-19)13-11-29-12-13)8-16-4-3-5-25(16)31(28)26-17-6-14(22)7-18(26)9-17/h10,13-18H,2-9,11-12,22H2,1H3,(H,23,27). The van der Waals surface area contributed by atoms with Gasteiger partial charge in [-0.2, -0.15) is 0 Å². The number of aromatic nitrogens is 1. The maximum absolute atomic E-state index is 13.4. The maximum Gasteiger partial charge on any atom is 0.273 e. The number of hydrogen-bond acceptors (Lipinski definition) is 6. The van der Waals surface area contributed by atoms with Crippen LogP contribution in [-0.2, 0) is 15.9 Å². The Hall–Kier alpha value is -1.33. The highest BCUT2D eigenvalue weighted by Crippen LogP contribution is 2.41. The van der Waals surface area contributed by atoms with E-state index >= 15 is 0 Å². The number of fused-ring (bicyclic) bond motifs is 2. The van der Waals surface area contributed by atoms with Crippen molar-refractivity contribution in [1.82, 2.24) is 19.1 Å². The van der Waals surface area contributed by atoms with E-state index in [9.17, 15) is 9.00 Å². The van der Waals surface area contributed by atoms with Crippen LogP contribution in [0.15, 0.2) is 10.6 Å². The molecule has 5 atom stereocenters. The van der Waals surface area contributed by atoms with Crippen molar-refractivity contribution < 1.29 is 18.3 Å². The van der Waals surface area contributed by atoms with E-state index in [1.165, 1.54) is 0 Å². The van der Waals surface area contributed by atoms with Crippen molar-refractivity contribution in [2.75, 3.05) is 19.8 Å². The van der Waals surface area contributed by atoms with Gasteiger partial charge in [-0.1, -0.05) is 12.1 Å². The van der Waals surface area contributed by atoms with Crippen LogP contribution in [0.3, 0.4) is 0 Å². The molecule has 0 radical (unpaired) electrons. The second-order valence-corrected chi connectivity index (χ2v) is 10.8. The molecule has 9 nitrogen and oxygen atoms in total. The molecular formula is C21H33N5O4S. The monoisotopic (exact) mass is 451 g/mol. The molecule has 2 bridgehead atoms. The summed E-state index contributed by atoms with van der Waals surface area (Å²) in [6.45, 7) is 4.16. The van der Waals surface area contributed by atoms with Crippen molar-refractivity contribution in [3.8, 4) is 0 Å². The summed E-state index contributed by atoms with van der Waals surface area (Å²) < 4.78 is 28.2. The third-order valence-electron chi connectivity index (χ3n) is 7.30. The lowest BCUT2D eigenvalue weighted by Crippen LogP contribution is -2.65. The van der Waals surface area contributed by atoms with Crippen molar-refractivity contribution in [3.05, 3.63) is 17.5 Å². The lowest BCUT2D eigenvalue weighted by Gasteiger charge is -2.54. The highest BCUT2D eigenvalue weighted by molar-refractivity contribution is 7.80. The van der Waals surface area contributed by atoms with E-state index in [0.717, 1.165) is 51.5 Å². The van der Waals surface area contributed by atoms with Gasteiger partial charge in [0.1, 0.15) is 5.76 Å². The van der Waals surface area contributed by atoms with Gasteiger partial charge in [0.25, 0.3) is 5.91 Å². The molecule has 5 heterocycles. The Morgan fingerprint density at radius 2 is 2.13 bits per heavy atom. The molecule has 1 aromatic rings. The summed E-state index contributed by atoms with van der Waals surface area (Å²) in [5.74, 6) is 0.703. The van der Waals surface area contributed by atoms with E-state index in [2.05, 4.69) is 26.0 Å². The first-order chi connectivity index (χ1) is 15.0. The normalized spacial score (nSPS) is 33.5. The molecule has 5 rings (SSSR count). The predicted molar refractivity (Wildman–Crippen MR) is 115 cm³/mol. The number of carbonyl (C=O) groups is 1. The van der Waals surface area contributed by atoms with E-state index in [4.69, 9.17) is 15.0 Å². The number of amides is 1. The van der Waals surface area contributed by atoms with Gasteiger partial charge in [-0.05, 0) is 44.9 Å². The van der Waals surface area contributed by atoms with Gasteiger partial charge >= 0.3 is 0 Å². The first kappa shape index (κ1) is 21.5. The molecule has 10 heteroatoms. The predicted octanol–water partition coefficient (Wildman–Crippen LogP) is 1.29. The zero-order valence-electron chi connectivity index (χ0n) is 18.1. The molecule has 4 saturated heterocycles. The van der Waals surface area contributed by atoms with Crippen LogP contribution < -0.4 is 11.1 Å². The molecule has 4 fully saturated rings. The molecule has 0 spiro atoms. The zero-order valence-corrected chi connectivity index (χ0v) is 18.9. The average Bonchev–Trinajstić information content (AvgIpc) is 3.35. The molecule has 1 aromatic heterocycles. The van der Waals surface area contributed by atoms with Crippen LogP contribution in [0.5, 0.6) is 0 Å². The van der Waals surface area contributed by atoms with E-state index in [0.29, 0.717) is 36.8 Å². The Bertz CT molecular complexity index is 818. The first-order valence-corrected chi connectivity index (χ1v) is 12.7.